The molecule has 4 aliphatic carbocycles. The van der Waals surface area contributed by atoms with Gasteiger partial charge in [-0.25, -0.2) is 5.10 Å². The third kappa shape index (κ3) is 2.27. The highest BCUT2D eigenvalue weighted by Gasteiger charge is 2.60. The minimum absolute atomic E-state index is 0.0842. The molecular formula is C16H24N4O. The number of carbonyl (C=O) groups is 1. The summed E-state index contributed by atoms with van der Waals surface area (Å²) in [5.41, 5.74) is 1.13. The molecule has 4 saturated carbocycles. The Bertz CT molecular complexity index is 549. The van der Waals surface area contributed by atoms with Gasteiger partial charge in [0.15, 0.2) is 0 Å². The standard InChI is InChI=1S/C16H24N4O/c1-14-3-11-4-15(2,7-14)9-16(5-11,8-14)6-12(21)19-13-17-10-18-20-13/h10-11H,3-9H2,1-2H3,(H2,17,18,19,20,21). The van der Waals surface area contributed by atoms with Gasteiger partial charge in [-0.15, -0.1) is 0 Å². The van der Waals surface area contributed by atoms with E-state index in [9.17, 15) is 4.79 Å². The van der Waals surface area contributed by atoms with Crippen LogP contribution in [0.1, 0.15) is 58.8 Å². The highest BCUT2D eigenvalue weighted by Crippen LogP contribution is 2.70. The first kappa shape index (κ1) is 13.3. The second-order valence-electron chi connectivity index (χ2n) is 8.69. The molecular weight excluding hydrogens is 264 g/mol. The molecule has 2 atom stereocenters. The van der Waals surface area contributed by atoms with Crippen LogP contribution in [-0.2, 0) is 4.79 Å². The van der Waals surface area contributed by atoms with Crippen LogP contribution < -0.4 is 5.32 Å². The van der Waals surface area contributed by atoms with E-state index in [0.29, 0.717) is 23.2 Å². The number of aromatic amines is 1. The van der Waals surface area contributed by atoms with Crippen LogP contribution in [0.15, 0.2) is 6.33 Å². The predicted molar refractivity (Wildman–Crippen MR) is 79.5 cm³/mol. The van der Waals surface area contributed by atoms with Crippen LogP contribution in [0.4, 0.5) is 5.95 Å². The van der Waals surface area contributed by atoms with Crippen LogP contribution in [-0.4, -0.2) is 21.1 Å². The lowest BCUT2D eigenvalue weighted by Gasteiger charge is -2.65. The van der Waals surface area contributed by atoms with E-state index in [1.807, 2.05) is 0 Å². The van der Waals surface area contributed by atoms with Gasteiger partial charge in [0.2, 0.25) is 11.9 Å². The van der Waals surface area contributed by atoms with Crippen molar-refractivity contribution in [2.24, 2.45) is 22.2 Å². The van der Waals surface area contributed by atoms with E-state index >= 15 is 0 Å². The summed E-state index contributed by atoms with van der Waals surface area (Å²) in [7, 11) is 0. The topological polar surface area (TPSA) is 70.7 Å². The molecule has 21 heavy (non-hydrogen) atoms. The summed E-state index contributed by atoms with van der Waals surface area (Å²) in [6.45, 7) is 4.89. The lowest BCUT2D eigenvalue weighted by atomic mass is 9.40. The Morgan fingerprint density at radius 2 is 2.00 bits per heavy atom. The van der Waals surface area contributed by atoms with Gasteiger partial charge in [0.25, 0.3) is 0 Å². The van der Waals surface area contributed by atoms with E-state index in [2.05, 4.69) is 34.3 Å². The molecule has 4 fully saturated rings. The van der Waals surface area contributed by atoms with E-state index < -0.39 is 0 Å². The number of hydrogen-bond donors (Lipinski definition) is 2. The lowest BCUT2D eigenvalue weighted by Crippen LogP contribution is -2.55. The van der Waals surface area contributed by atoms with Crippen LogP contribution >= 0.6 is 0 Å². The quantitative estimate of drug-likeness (QED) is 0.897. The summed E-state index contributed by atoms with van der Waals surface area (Å²) in [6.07, 6.45) is 9.82. The molecule has 1 aromatic heterocycles. The molecule has 4 bridgehead atoms. The number of anilines is 1. The van der Waals surface area contributed by atoms with Crippen molar-refractivity contribution in [2.75, 3.05) is 5.32 Å². The number of nitrogens with one attached hydrogen (secondary N) is 2. The smallest absolute Gasteiger partial charge is 0.227 e. The van der Waals surface area contributed by atoms with Crippen molar-refractivity contribution in [2.45, 2.75) is 58.8 Å². The van der Waals surface area contributed by atoms with Crippen molar-refractivity contribution < 1.29 is 4.79 Å². The van der Waals surface area contributed by atoms with E-state index in [1.165, 1.54) is 44.9 Å². The van der Waals surface area contributed by atoms with Crippen LogP contribution in [0.25, 0.3) is 0 Å². The maximum atomic E-state index is 12.4. The van der Waals surface area contributed by atoms with Crippen LogP contribution in [0.5, 0.6) is 0 Å². The van der Waals surface area contributed by atoms with Crippen molar-refractivity contribution >= 4 is 11.9 Å². The summed E-state index contributed by atoms with van der Waals surface area (Å²) in [6, 6.07) is 0. The van der Waals surface area contributed by atoms with Gasteiger partial charge in [-0.1, -0.05) is 13.8 Å². The molecule has 0 aromatic carbocycles. The first-order valence-corrected chi connectivity index (χ1v) is 8.03. The fourth-order valence-corrected chi connectivity index (χ4v) is 6.66. The van der Waals surface area contributed by atoms with Crippen molar-refractivity contribution in [3.63, 3.8) is 0 Å². The monoisotopic (exact) mass is 288 g/mol. The van der Waals surface area contributed by atoms with Gasteiger partial charge in [-0.05, 0) is 60.7 Å². The predicted octanol–water partition coefficient (Wildman–Crippen LogP) is 3.13. The molecule has 0 saturated heterocycles. The minimum Gasteiger partial charge on any atom is -0.295 e. The zero-order valence-corrected chi connectivity index (χ0v) is 12.9. The normalized spacial score (nSPS) is 44.0. The van der Waals surface area contributed by atoms with E-state index in [0.717, 1.165) is 5.92 Å². The first-order valence-electron chi connectivity index (χ1n) is 8.03. The van der Waals surface area contributed by atoms with Gasteiger partial charge in [0, 0.05) is 6.42 Å². The third-order valence-electron chi connectivity index (χ3n) is 5.95. The summed E-state index contributed by atoms with van der Waals surface area (Å²) in [4.78, 5) is 16.4. The molecule has 5 rings (SSSR count). The maximum absolute atomic E-state index is 12.4. The molecule has 5 heteroatoms. The van der Waals surface area contributed by atoms with Crippen LogP contribution in [0.3, 0.4) is 0 Å². The average molecular weight is 288 g/mol. The SMILES string of the molecule is CC12CC3CC(C)(C1)CC(CC(=O)Nc1ncn[nH]1)(C3)C2. The Hall–Kier alpha value is -1.39. The Balaban J connectivity index is 1.53. The zero-order valence-electron chi connectivity index (χ0n) is 12.9. The molecule has 0 radical (unpaired) electrons. The van der Waals surface area contributed by atoms with Gasteiger partial charge in [-0.3, -0.25) is 10.1 Å². The molecule has 114 valence electrons. The largest absolute Gasteiger partial charge is 0.295 e. The number of aromatic nitrogens is 3. The number of H-pyrrole nitrogens is 1. The van der Waals surface area contributed by atoms with E-state index in [1.54, 1.807) is 0 Å². The maximum Gasteiger partial charge on any atom is 0.227 e. The highest BCUT2D eigenvalue weighted by atomic mass is 16.1. The zero-order chi connectivity index (χ0) is 14.7. The summed E-state index contributed by atoms with van der Waals surface area (Å²) in [5, 5.41) is 9.32. The number of hydrogen-bond acceptors (Lipinski definition) is 3. The van der Waals surface area contributed by atoms with Gasteiger partial charge < -0.3 is 0 Å². The Morgan fingerprint density at radius 3 is 2.57 bits per heavy atom. The highest BCUT2D eigenvalue weighted by molar-refractivity contribution is 5.89. The summed E-state index contributed by atoms with van der Waals surface area (Å²) >= 11 is 0. The van der Waals surface area contributed by atoms with Crippen molar-refractivity contribution in [3.8, 4) is 0 Å². The Kier molecular flexibility index (Phi) is 2.58. The first-order chi connectivity index (χ1) is 9.88. The summed E-state index contributed by atoms with van der Waals surface area (Å²) in [5.74, 6) is 1.37. The Morgan fingerprint density at radius 1 is 1.29 bits per heavy atom. The second kappa shape index (κ2) is 4.08. The third-order valence-corrected chi connectivity index (χ3v) is 5.95. The molecule has 5 nitrogen and oxygen atoms in total. The molecule has 0 spiro atoms. The molecule has 1 heterocycles. The Labute approximate surface area is 125 Å². The second-order valence-corrected chi connectivity index (χ2v) is 8.69. The van der Waals surface area contributed by atoms with Gasteiger partial charge in [-0.2, -0.15) is 10.1 Å². The number of rotatable bonds is 3. The molecule has 1 amide bonds. The van der Waals surface area contributed by atoms with Crippen LogP contribution in [0.2, 0.25) is 0 Å². The molecule has 2 unspecified atom stereocenters. The van der Waals surface area contributed by atoms with E-state index in [-0.39, 0.29) is 11.3 Å². The molecule has 1 aromatic rings. The van der Waals surface area contributed by atoms with Crippen molar-refractivity contribution in [1.82, 2.24) is 15.2 Å². The van der Waals surface area contributed by atoms with Gasteiger partial charge in [0.05, 0.1) is 0 Å². The summed E-state index contributed by atoms with van der Waals surface area (Å²) < 4.78 is 0. The van der Waals surface area contributed by atoms with E-state index in [4.69, 9.17) is 0 Å². The molecule has 2 N–H and O–H groups in total. The average Bonchev–Trinajstić information content (AvgIpc) is 2.74. The fourth-order valence-electron chi connectivity index (χ4n) is 6.66. The number of amides is 1. The molecule has 0 aliphatic heterocycles. The fraction of sp³-hybridized carbons (Fsp3) is 0.812. The van der Waals surface area contributed by atoms with Crippen molar-refractivity contribution in [3.05, 3.63) is 6.33 Å². The van der Waals surface area contributed by atoms with Crippen molar-refractivity contribution in [1.29, 1.82) is 0 Å². The molecule has 4 aliphatic rings. The number of carbonyl (C=O) groups excluding carboxylic acids is 1. The van der Waals surface area contributed by atoms with Gasteiger partial charge >= 0.3 is 0 Å². The number of nitrogens with zero attached hydrogens (tertiary/aromatic N) is 2. The minimum atomic E-state index is 0.0842. The van der Waals surface area contributed by atoms with Gasteiger partial charge in [0.1, 0.15) is 6.33 Å². The lowest BCUT2D eigenvalue weighted by molar-refractivity contribution is -0.153. The van der Waals surface area contributed by atoms with Crippen LogP contribution in [0, 0.1) is 22.2 Å².